The molecule has 0 amide bonds. The summed E-state index contributed by atoms with van der Waals surface area (Å²) in [6, 6.07) is 10.4. The predicted molar refractivity (Wildman–Crippen MR) is 47.0 cm³/mol. The van der Waals surface area contributed by atoms with Gasteiger partial charge < -0.3 is 9.72 Å². The lowest BCUT2D eigenvalue weighted by atomic mass is 10.2. The number of hydrogen-bond acceptors (Lipinski definition) is 1. The molecular weight excluding hydrogens is 150 g/mol. The minimum absolute atomic E-state index is 0.331. The fourth-order valence-corrected chi connectivity index (χ4v) is 1.50. The molecule has 1 aromatic carbocycles. The van der Waals surface area contributed by atoms with Crippen LogP contribution in [-0.2, 0) is 4.74 Å². The van der Waals surface area contributed by atoms with Crippen LogP contribution in [0.1, 0.15) is 11.8 Å². The number of aromatic nitrogens is 1. The number of aromatic amines is 1. The van der Waals surface area contributed by atoms with Gasteiger partial charge in [-0.25, -0.2) is 0 Å². The maximum Gasteiger partial charge on any atom is 0.121 e. The van der Waals surface area contributed by atoms with Crippen molar-refractivity contribution in [1.29, 1.82) is 0 Å². The Morgan fingerprint density at radius 1 is 1.33 bits per heavy atom. The summed E-state index contributed by atoms with van der Waals surface area (Å²) in [6.45, 7) is 0.868. The van der Waals surface area contributed by atoms with Gasteiger partial charge in [-0.3, -0.25) is 0 Å². The van der Waals surface area contributed by atoms with Gasteiger partial charge in [-0.05, 0) is 17.5 Å². The first kappa shape index (κ1) is 6.26. The second-order valence-corrected chi connectivity index (χ2v) is 3.13. The van der Waals surface area contributed by atoms with Crippen molar-refractivity contribution < 1.29 is 4.74 Å². The standard InChI is InChI=1S/C10H9NO/c1-2-4-8-7(3-1)5-9(11-8)10-6-12-10/h1-5,10-11H,6H2. The molecule has 2 heteroatoms. The summed E-state index contributed by atoms with van der Waals surface area (Å²) >= 11 is 0. The fourth-order valence-electron chi connectivity index (χ4n) is 1.50. The van der Waals surface area contributed by atoms with Crippen LogP contribution >= 0.6 is 0 Å². The largest absolute Gasteiger partial charge is 0.366 e. The van der Waals surface area contributed by atoms with E-state index in [2.05, 4.69) is 23.2 Å². The van der Waals surface area contributed by atoms with Gasteiger partial charge in [0.25, 0.3) is 0 Å². The van der Waals surface area contributed by atoms with Crippen LogP contribution in [0.5, 0.6) is 0 Å². The number of rotatable bonds is 1. The summed E-state index contributed by atoms with van der Waals surface area (Å²) in [5.74, 6) is 0. The molecule has 0 aliphatic carbocycles. The highest BCUT2D eigenvalue weighted by molar-refractivity contribution is 5.80. The lowest BCUT2D eigenvalue weighted by Crippen LogP contribution is -1.76. The molecule has 3 rings (SSSR count). The van der Waals surface area contributed by atoms with Gasteiger partial charge in [-0.15, -0.1) is 0 Å². The Bertz CT molecular complexity index is 381. The van der Waals surface area contributed by atoms with E-state index in [1.807, 2.05) is 12.1 Å². The van der Waals surface area contributed by atoms with Crippen molar-refractivity contribution in [2.24, 2.45) is 0 Å². The van der Waals surface area contributed by atoms with E-state index in [4.69, 9.17) is 4.74 Å². The molecule has 2 heterocycles. The number of epoxide rings is 1. The molecule has 2 nitrogen and oxygen atoms in total. The van der Waals surface area contributed by atoms with E-state index >= 15 is 0 Å². The minimum atomic E-state index is 0.331. The molecule has 12 heavy (non-hydrogen) atoms. The van der Waals surface area contributed by atoms with Gasteiger partial charge in [-0.2, -0.15) is 0 Å². The van der Waals surface area contributed by atoms with E-state index in [0.717, 1.165) is 6.61 Å². The smallest absolute Gasteiger partial charge is 0.121 e. The fraction of sp³-hybridized carbons (Fsp3) is 0.200. The second kappa shape index (κ2) is 2.11. The van der Waals surface area contributed by atoms with Gasteiger partial charge in [0.05, 0.1) is 6.61 Å². The Morgan fingerprint density at radius 2 is 2.17 bits per heavy atom. The molecule has 1 N–H and O–H groups in total. The maximum absolute atomic E-state index is 5.19. The molecule has 1 saturated heterocycles. The predicted octanol–water partition coefficient (Wildman–Crippen LogP) is 2.24. The van der Waals surface area contributed by atoms with Gasteiger partial charge in [0.1, 0.15) is 6.10 Å². The van der Waals surface area contributed by atoms with Crippen LogP contribution in [0.2, 0.25) is 0 Å². The Kier molecular flexibility index (Phi) is 1.10. The molecule has 1 atom stereocenters. The molecule has 0 radical (unpaired) electrons. The van der Waals surface area contributed by atoms with Crippen LogP contribution in [0, 0.1) is 0 Å². The third-order valence-electron chi connectivity index (χ3n) is 2.23. The first-order valence-corrected chi connectivity index (χ1v) is 4.13. The first-order chi connectivity index (χ1) is 5.93. The zero-order valence-electron chi connectivity index (χ0n) is 6.58. The van der Waals surface area contributed by atoms with E-state index < -0.39 is 0 Å². The van der Waals surface area contributed by atoms with Crippen LogP contribution in [0.15, 0.2) is 30.3 Å². The zero-order valence-corrected chi connectivity index (χ0v) is 6.58. The van der Waals surface area contributed by atoms with E-state index in [1.54, 1.807) is 0 Å². The number of hydrogen-bond donors (Lipinski definition) is 1. The first-order valence-electron chi connectivity index (χ1n) is 4.13. The molecule has 0 bridgehead atoms. The van der Waals surface area contributed by atoms with E-state index in [-0.39, 0.29) is 0 Å². The molecule has 0 saturated carbocycles. The lowest BCUT2D eigenvalue weighted by Gasteiger charge is -1.85. The maximum atomic E-state index is 5.19. The summed E-state index contributed by atoms with van der Waals surface area (Å²) in [5, 5.41) is 1.27. The van der Waals surface area contributed by atoms with Gasteiger partial charge in [0.15, 0.2) is 0 Å². The van der Waals surface area contributed by atoms with Gasteiger partial charge in [-0.1, -0.05) is 18.2 Å². The number of fused-ring (bicyclic) bond motifs is 1. The molecule has 60 valence electrons. The van der Waals surface area contributed by atoms with Crippen LogP contribution in [0.4, 0.5) is 0 Å². The van der Waals surface area contributed by atoms with Crippen molar-refractivity contribution in [2.75, 3.05) is 6.61 Å². The van der Waals surface area contributed by atoms with Crippen molar-refractivity contribution in [3.05, 3.63) is 36.0 Å². The third-order valence-corrected chi connectivity index (χ3v) is 2.23. The summed E-state index contributed by atoms with van der Waals surface area (Å²) in [7, 11) is 0. The average Bonchev–Trinajstić information content (AvgIpc) is 2.85. The average molecular weight is 159 g/mol. The van der Waals surface area contributed by atoms with E-state index in [1.165, 1.54) is 16.6 Å². The topological polar surface area (TPSA) is 28.3 Å². The number of nitrogens with one attached hydrogen (secondary N) is 1. The summed E-state index contributed by atoms with van der Waals surface area (Å²) < 4.78 is 5.19. The summed E-state index contributed by atoms with van der Waals surface area (Å²) in [4.78, 5) is 3.33. The lowest BCUT2D eigenvalue weighted by molar-refractivity contribution is 0.412. The highest BCUT2D eigenvalue weighted by atomic mass is 16.6. The molecule has 1 fully saturated rings. The van der Waals surface area contributed by atoms with E-state index in [9.17, 15) is 0 Å². The number of benzene rings is 1. The van der Waals surface area contributed by atoms with Crippen LogP contribution < -0.4 is 0 Å². The summed E-state index contributed by atoms with van der Waals surface area (Å²) in [5.41, 5.74) is 2.40. The highest BCUT2D eigenvalue weighted by Crippen LogP contribution is 2.30. The third kappa shape index (κ3) is 0.850. The highest BCUT2D eigenvalue weighted by Gasteiger charge is 2.26. The Balaban J connectivity index is 2.23. The van der Waals surface area contributed by atoms with Gasteiger partial charge in [0, 0.05) is 11.2 Å². The molecule has 1 aromatic heterocycles. The van der Waals surface area contributed by atoms with Gasteiger partial charge >= 0.3 is 0 Å². The van der Waals surface area contributed by atoms with Crippen LogP contribution in [0.25, 0.3) is 10.9 Å². The molecule has 1 unspecified atom stereocenters. The number of ether oxygens (including phenoxy) is 1. The molecule has 1 aliphatic rings. The van der Waals surface area contributed by atoms with Crippen LogP contribution in [0.3, 0.4) is 0 Å². The zero-order chi connectivity index (χ0) is 7.97. The second-order valence-electron chi connectivity index (χ2n) is 3.13. The monoisotopic (exact) mass is 159 g/mol. The Labute approximate surface area is 70.2 Å². The summed E-state index contributed by atoms with van der Waals surface area (Å²) in [6.07, 6.45) is 0.331. The van der Waals surface area contributed by atoms with E-state index in [0.29, 0.717) is 6.10 Å². The Morgan fingerprint density at radius 3 is 2.92 bits per heavy atom. The molecule has 1 aliphatic heterocycles. The van der Waals surface area contributed by atoms with Crippen molar-refractivity contribution in [2.45, 2.75) is 6.10 Å². The number of H-pyrrole nitrogens is 1. The minimum Gasteiger partial charge on any atom is -0.366 e. The van der Waals surface area contributed by atoms with Crippen molar-refractivity contribution in [3.63, 3.8) is 0 Å². The van der Waals surface area contributed by atoms with Crippen molar-refractivity contribution >= 4 is 10.9 Å². The molecule has 0 spiro atoms. The SMILES string of the molecule is c1ccc2[nH]c(C3CO3)cc2c1. The van der Waals surface area contributed by atoms with Gasteiger partial charge in [0.2, 0.25) is 0 Å². The number of para-hydroxylation sites is 1. The van der Waals surface area contributed by atoms with Crippen LogP contribution in [-0.4, -0.2) is 11.6 Å². The molecule has 2 aromatic rings. The van der Waals surface area contributed by atoms with Crippen molar-refractivity contribution in [3.8, 4) is 0 Å². The Hall–Kier alpha value is -1.28. The quantitative estimate of drug-likeness (QED) is 0.635. The normalized spacial score (nSPS) is 21.5. The van der Waals surface area contributed by atoms with Crippen molar-refractivity contribution in [1.82, 2.24) is 4.98 Å². The molecular formula is C10H9NO.